The smallest absolute Gasteiger partial charge is 0.144 e. The fraction of sp³-hybridized carbons (Fsp3) is 0.474. The summed E-state index contributed by atoms with van der Waals surface area (Å²) in [7, 11) is 0. The molecule has 0 bridgehead atoms. The first-order valence-corrected chi connectivity index (χ1v) is 11.2. The van der Waals surface area contributed by atoms with Crippen molar-refractivity contribution in [2.75, 3.05) is 6.61 Å². The molecular weight excluding hydrogens is 444 g/mol. The second kappa shape index (κ2) is 9.30. The van der Waals surface area contributed by atoms with Gasteiger partial charge in [-0.2, -0.15) is 0 Å². The Hall–Kier alpha value is -1.90. The Labute approximate surface area is 185 Å². The molecule has 1 unspecified atom stereocenters. The van der Waals surface area contributed by atoms with Gasteiger partial charge in [-0.25, -0.2) is 9.97 Å². The predicted molar refractivity (Wildman–Crippen MR) is 112 cm³/mol. The zero-order valence-electron chi connectivity index (χ0n) is 16.4. The molecule has 166 valence electrons. The highest BCUT2D eigenvalue weighted by Gasteiger charge is 2.43. The lowest BCUT2D eigenvalue weighted by Gasteiger charge is -2.39. The minimum atomic E-state index is -1.43. The molecule has 6 atom stereocenters. The Kier molecular flexibility index (Phi) is 6.69. The van der Waals surface area contributed by atoms with Crippen molar-refractivity contribution in [2.24, 2.45) is 0 Å². The van der Waals surface area contributed by atoms with Crippen LogP contribution in [0.25, 0.3) is 10.7 Å². The summed E-state index contributed by atoms with van der Waals surface area (Å²) in [5, 5.41) is 51.5. The van der Waals surface area contributed by atoms with Crippen molar-refractivity contribution in [2.45, 2.75) is 50.0 Å². The van der Waals surface area contributed by atoms with Crippen molar-refractivity contribution in [1.29, 1.82) is 0 Å². The second-order valence-corrected chi connectivity index (χ2v) is 9.37. The highest BCUT2D eigenvalue weighted by Crippen LogP contribution is 2.36. The molecule has 31 heavy (non-hydrogen) atoms. The minimum absolute atomic E-state index is 0.158. The Morgan fingerprint density at radius 1 is 1.03 bits per heavy atom. The molecule has 0 saturated carbocycles. The van der Waals surface area contributed by atoms with E-state index in [2.05, 4.69) is 19.9 Å². The number of aliphatic hydroxyl groups is 5. The molecule has 0 radical (unpaired) electrons. The van der Waals surface area contributed by atoms with Crippen LogP contribution in [0.2, 0.25) is 0 Å². The van der Waals surface area contributed by atoms with E-state index < -0.39 is 43.2 Å². The maximum absolute atomic E-state index is 10.9. The standard InChI is InChI=1S/C19H22N4O6S2/c1-8-18(31-19(23-8)9-5-20-2-3-21-9)16(27)12-6-22-13(30-12)4-10-14(25)17(28)15(26)11(7-24)29-10/h2-3,5-6,10-11,14-17,24-28H,4,7H2,1H3/t10-,11-,14-,15-,16?,17-/m1/s1. The monoisotopic (exact) mass is 466 g/mol. The SMILES string of the molecule is Cc1nc(-c2cnccn2)sc1C(O)c1cnc(C[C@H]2O[C@H](CO)[C@@H](O)[C@H](O)[C@@H]2O)s1. The molecule has 0 amide bonds. The third-order valence-electron chi connectivity index (χ3n) is 5.07. The van der Waals surface area contributed by atoms with E-state index in [1.54, 1.807) is 24.8 Å². The molecule has 4 rings (SSSR count). The largest absolute Gasteiger partial charge is 0.394 e. The van der Waals surface area contributed by atoms with Crippen molar-refractivity contribution in [1.82, 2.24) is 19.9 Å². The zero-order valence-corrected chi connectivity index (χ0v) is 18.1. The zero-order chi connectivity index (χ0) is 22.1. The number of aliphatic hydroxyl groups excluding tert-OH is 5. The molecule has 1 saturated heterocycles. The van der Waals surface area contributed by atoms with Gasteiger partial charge in [0.05, 0.1) is 39.4 Å². The van der Waals surface area contributed by atoms with Gasteiger partial charge in [0.1, 0.15) is 41.2 Å². The van der Waals surface area contributed by atoms with Gasteiger partial charge in [0.2, 0.25) is 0 Å². The Morgan fingerprint density at radius 3 is 2.52 bits per heavy atom. The van der Waals surface area contributed by atoms with Gasteiger partial charge in [-0.3, -0.25) is 9.97 Å². The Balaban J connectivity index is 1.49. The van der Waals surface area contributed by atoms with Crippen LogP contribution in [0.1, 0.15) is 26.6 Å². The lowest BCUT2D eigenvalue weighted by atomic mass is 9.94. The van der Waals surface area contributed by atoms with Crippen molar-refractivity contribution >= 4 is 22.7 Å². The fourth-order valence-corrected chi connectivity index (χ4v) is 5.44. The van der Waals surface area contributed by atoms with Gasteiger partial charge in [-0.05, 0) is 6.92 Å². The molecule has 3 aromatic rings. The number of rotatable bonds is 6. The van der Waals surface area contributed by atoms with E-state index in [4.69, 9.17) is 4.74 Å². The summed E-state index contributed by atoms with van der Waals surface area (Å²) in [6.07, 6.45) is -0.417. The highest BCUT2D eigenvalue weighted by molar-refractivity contribution is 7.15. The molecule has 0 spiro atoms. The second-order valence-electron chi connectivity index (χ2n) is 7.19. The van der Waals surface area contributed by atoms with Crippen molar-refractivity contribution in [3.8, 4) is 10.7 Å². The Morgan fingerprint density at radius 2 is 1.81 bits per heavy atom. The van der Waals surface area contributed by atoms with E-state index in [0.29, 0.717) is 31.2 Å². The van der Waals surface area contributed by atoms with Gasteiger partial charge < -0.3 is 30.3 Å². The summed E-state index contributed by atoms with van der Waals surface area (Å²) in [4.78, 5) is 18.3. The van der Waals surface area contributed by atoms with Crippen molar-refractivity contribution in [3.63, 3.8) is 0 Å². The molecule has 5 N–H and O–H groups in total. The van der Waals surface area contributed by atoms with Gasteiger partial charge in [0.15, 0.2) is 0 Å². The molecule has 1 aliphatic rings. The van der Waals surface area contributed by atoms with Crippen molar-refractivity contribution < 1.29 is 30.3 Å². The van der Waals surface area contributed by atoms with Crippen LogP contribution in [0.4, 0.5) is 0 Å². The normalized spacial score (nSPS) is 27.4. The number of aryl methyl sites for hydroxylation is 1. The number of ether oxygens (including phenoxy) is 1. The molecule has 0 aliphatic carbocycles. The van der Waals surface area contributed by atoms with Crippen LogP contribution in [-0.4, -0.2) is 82.6 Å². The van der Waals surface area contributed by atoms with Crippen LogP contribution >= 0.6 is 22.7 Å². The summed E-state index contributed by atoms with van der Waals surface area (Å²) in [5.74, 6) is 0. The van der Waals surface area contributed by atoms with E-state index in [1.165, 1.54) is 22.7 Å². The van der Waals surface area contributed by atoms with Crippen LogP contribution in [0.15, 0.2) is 24.8 Å². The lowest BCUT2D eigenvalue weighted by molar-refractivity contribution is -0.228. The van der Waals surface area contributed by atoms with Crippen LogP contribution in [0.3, 0.4) is 0 Å². The van der Waals surface area contributed by atoms with Crippen LogP contribution in [0.5, 0.6) is 0 Å². The topological polar surface area (TPSA) is 162 Å². The summed E-state index contributed by atoms with van der Waals surface area (Å²) < 4.78 is 5.53. The predicted octanol–water partition coefficient (Wildman–Crippen LogP) is -0.168. The molecule has 4 heterocycles. The third-order valence-corrected chi connectivity index (χ3v) is 7.38. The molecule has 10 nitrogen and oxygen atoms in total. The van der Waals surface area contributed by atoms with E-state index in [9.17, 15) is 25.5 Å². The number of thiazole rings is 2. The average Bonchev–Trinajstić information content (AvgIpc) is 3.41. The van der Waals surface area contributed by atoms with Crippen LogP contribution in [0, 0.1) is 6.92 Å². The van der Waals surface area contributed by atoms with E-state index in [0.717, 1.165) is 0 Å². The van der Waals surface area contributed by atoms with Gasteiger partial charge >= 0.3 is 0 Å². The molecule has 1 aliphatic heterocycles. The van der Waals surface area contributed by atoms with Crippen LogP contribution < -0.4 is 0 Å². The summed E-state index contributed by atoms with van der Waals surface area (Å²) in [6, 6.07) is 0. The number of hydrogen-bond acceptors (Lipinski definition) is 12. The van der Waals surface area contributed by atoms with E-state index >= 15 is 0 Å². The van der Waals surface area contributed by atoms with Gasteiger partial charge in [0.25, 0.3) is 0 Å². The highest BCUT2D eigenvalue weighted by atomic mass is 32.1. The van der Waals surface area contributed by atoms with Crippen LogP contribution in [-0.2, 0) is 11.2 Å². The molecule has 1 fully saturated rings. The minimum Gasteiger partial charge on any atom is -0.394 e. The number of hydrogen-bond donors (Lipinski definition) is 5. The molecule has 3 aromatic heterocycles. The van der Waals surface area contributed by atoms with E-state index in [-0.39, 0.29) is 6.42 Å². The molecular formula is C19H22N4O6S2. The van der Waals surface area contributed by atoms with Gasteiger partial charge in [-0.15, -0.1) is 22.7 Å². The summed E-state index contributed by atoms with van der Waals surface area (Å²) in [6.45, 7) is 1.33. The van der Waals surface area contributed by atoms with Crippen molar-refractivity contribution in [3.05, 3.63) is 45.2 Å². The molecule has 0 aromatic carbocycles. The number of nitrogens with zero attached hydrogens (tertiary/aromatic N) is 4. The maximum atomic E-state index is 10.9. The summed E-state index contributed by atoms with van der Waals surface area (Å²) >= 11 is 2.57. The first-order chi connectivity index (χ1) is 14.9. The average molecular weight is 467 g/mol. The quantitative estimate of drug-likeness (QED) is 0.330. The van der Waals surface area contributed by atoms with Gasteiger partial charge in [-0.1, -0.05) is 0 Å². The molecule has 12 heteroatoms. The van der Waals surface area contributed by atoms with Gasteiger partial charge in [0, 0.05) is 25.0 Å². The summed E-state index contributed by atoms with van der Waals surface area (Å²) in [5.41, 5.74) is 1.31. The number of aromatic nitrogens is 4. The first-order valence-electron chi connectivity index (χ1n) is 9.56. The maximum Gasteiger partial charge on any atom is 0.144 e. The third kappa shape index (κ3) is 4.52. The van der Waals surface area contributed by atoms with E-state index in [1.807, 2.05) is 6.92 Å². The lowest BCUT2D eigenvalue weighted by Crippen LogP contribution is -2.58. The fourth-order valence-electron chi connectivity index (χ4n) is 3.37. The first kappa shape index (κ1) is 22.3. The Bertz CT molecular complexity index is 1010.